The Hall–Kier alpha value is -3.95. The number of para-hydroxylation sites is 1. The van der Waals surface area contributed by atoms with Gasteiger partial charge in [-0.15, -0.1) is 0 Å². The summed E-state index contributed by atoms with van der Waals surface area (Å²) in [7, 11) is -3.96. The molecule has 2 heterocycles. The minimum Gasteiger partial charge on any atom is -0.473 e. The standard InChI is InChI=1S/C28H26N2O6S/c31-27(32)28(33)36-24-12-6-13-25-26(24)22-10-4-5-11-23(22)30(37(25,34)35)17-7-16-29-18-14-21(15-19-29)20-8-2-1-3-9-20/h1-6,8-14H,7,15-19H2,(H,31,32). The summed E-state index contributed by atoms with van der Waals surface area (Å²) in [6.45, 7) is 2.75. The van der Waals surface area contributed by atoms with E-state index in [4.69, 9.17) is 9.84 Å². The smallest absolute Gasteiger partial charge is 0.422 e. The number of anilines is 1. The van der Waals surface area contributed by atoms with Crippen molar-refractivity contribution in [2.45, 2.75) is 17.7 Å². The summed E-state index contributed by atoms with van der Waals surface area (Å²) in [5.41, 5.74) is 3.80. The molecule has 3 aromatic rings. The first-order valence-electron chi connectivity index (χ1n) is 12.0. The molecule has 2 aliphatic heterocycles. The number of ether oxygens (including phenoxy) is 1. The Kier molecular flexibility index (Phi) is 6.82. The first kappa shape index (κ1) is 24.7. The number of carboxylic acid groups (broad SMARTS) is 1. The molecular weight excluding hydrogens is 492 g/mol. The van der Waals surface area contributed by atoms with Crippen LogP contribution < -0.4 is 9.04 Å². The zero-order valence-electron chi connectivity index (χ0n) is 20.0. The van der Waals surface area contributed by atoms with Crippen LogP contribution in [0.1, 0.15) is 18.4 Å². The number of hydrogen-bond donors (Lipinski definition) is 1. The van der Waals surface area contributed by atoms with Gasteiger partial charge in [-0.1, -0.05) is 60.7 Å². The van der Waals surface area contributed by atoms with E-state index in [-0.39, 0.29) is 22.8 Å². The molecule has 5 rings (SSSR count). The lowest BCUT2D eigenvalue weighted by molar-refractivity contribution is -0.158. The van der Waals surface area contributed by atoms with Gasteiger partial charge in [0.25, 0.3) is 10.0 Å². The van der Waals surface area contributed by atoms with Gasteiger partial charge in [-0.2, -0.15) is 0 Å². The molecule has 8 nitrogen and oxygen atoms in total. The number of aliphatic carboxylic acids is 1. The summed E-state index contributed by atoms with van der Waals surface area (Å²) in [4.78, 5) is 25.1. The van der Waals surface area contributed by atoms with E-state index in [1.54, 1.807) is 24.3 Å². The Labute approximate surface area is 215 Å². The van der Waals surface area contributed by atoms with Crippen molar-refractivity contribution in [2.24, 2.45) is 0 Å². The highest BCUT2D eigenvalue weighted by atomic mass is 32.2. The van der Waals surface area contributed by atoms with Crippen LogP contribution in [0.5, 0.6) is 5.75 Å². The Morgan fingerprint density at radius 1 is 0.919 bits per heavy atom. The van der Waals surface area contributed by atoms with Gasteiger partial charge >= 0.3 is 11.9 Å². The average Bonchev–Trinajstić information content (AvgIpc) is 2.91. The van der Waals surface area contributed by atoms with Crippen molar-refractivity contribution < 1.29 is 27.9 Å². The monoisotopic (exact) mass is 518 g/mol. The van der Waals surface area contributed by atoms with Crippen molar-refractivity contribution in [2.75, 3.05) is 30.5 Å². The van der Waals surface area contributed by atoms with Crippen LogP contribution in [0, 0.1) is 0 Å². The molecule has 0 unspecified atom stereocenters. The Balaban J connectivity index is 1.34. The number of benzene rings is 3. The van der Waals surface area contributed by atoms with Crippen LogP contribution in [0.25, 0.3) is 16.7 Å². The number of rotatable bonds is 6. The minimum atomic E-state index is -3.96. The molecule has 0 aliphatic carbocycles. The molecule has 0 atom stereocenters. The van der Waals surface area contributed by atoms with Gasteiger partial charge in [0.15, 0.2) is 0 Å². The lowest BCUT2D eigenvalue weighted by Gasteiger charge is -2.33. The van der Waals surface area contributed by atoms with Gasteiger partial charge in [0, 0.05) is 37.3 Å². The zero-order valence-corrected chi connectivity index (χ0v) is 20.9. The Bertz CT molecular complexity index is 1480. The minimum absolute atomic E-state index is 0.0182. The first-order chi connectivity index (χ1) is 17.9. The fourth-order valence-corrected chi connectivity index (χ4v) is 6.62. The summed E-state index contributed by atoms with van der Waals surface area (Å²) in [5, 5.41) is 8.96. The highest BCUT2D eigenvalue weighted by Gasteiger charge is 2.37. The summed E-state index contributed by atoms with van der Waals surface area (Å²) in [5.74, 6) is -3.33. The summed E-state index contributed by atoms with van der Waals surface area (Å²) in [6.07, 6.45) is 3.81. The molecule has 0 amide bonds. The number of carbonyl (C=O) groups is 2. The largest absolute Gasteiger partial charge is 0.473 e. The van der Waals surface area contributed by atoms with Crippen LogP contribution in [-0.4, -0.2) is 56.5 Å². The Morgan fingerprint density at radius 3 is 2.41 bits per heavy atom. The quantitative estimate of drug-likeness (QED) is 0.298. The number of carbonyl (C=O) groups excluding carboxylic acids is 1. The molecule has 37 heavy (non-hydrogen) atoms. The lowest BCUT2D eigenvalue weighted by atomic mass is 9.99. The maximum atomic E-state index is 13.7. The summed E-state index contributed by atoms with van der Waals surface area (Å²) in [6, 6.07) is 21.6. The van der Waals surface area contributed by atoms with Crippen molar-refractivity contribution in [1.82, 2.24) is 4.90 Å². The normalized spacial score (nSPS) is 16.3. The number of sulfonamides is 1. The fourth-order valence-electron chi connectivity index (χ4n) is 4.88. The molecule has 190 valence electrons. The van der Waals surface area contributed by atoms with Crippen LogP contribution >= 0.6 is 0 Å². The topological polar surface area (TPSA) is 104 Å². The first-order valence-corrected chi connectivity index (χ1v) is 13.5. The van der Waals surface area contributed by atoms with Crippen LogP contribution in [0.4, 0.5) is 5.69 Å². The number of carboxylic acids is 1. The van der Waals surface area contributed by atoms with Crippen molar-refractivity contribution in [3.05, 3.63) is 84.4 Å². The second kappa shape index (κ2) is 10.2. The van der Waals surface area contributed by atoms with E-state index in [1.165, 1.54) is 33.6 Å². The fraction of sp³-hybridized carbons (Fsp3) is 0.214. The van der Waals surface area contributed by atoms with E-state index < -0.39 is 22.0 Å². The Morgan fingerprint density at radius 2 is 1.68 bits per heavy atom. The molecule has 0 spiro atoms. The van der Waals surface area contributed by atoms with E-state index in [9.17, 15) is 18.0 Å². The van der Waals surface area contributed by atoms with Crippen LogP contribution in [0.15, 0.2) is 83.8 Å². The van der Waals surface area contributed by atoms with E-state index in [0.29, 0.717) is 17.7 Å². The maximum Gasteiger partial charge on any atom is 0.422 e. The second-order valence-corrected chi connectivity index (χ2v) is 10.7. The molecule has 0 aromatic heterocycles. The highest BCUT2D eigenvalue weighted by Crippen LogP contribution is 2.47. The molecule has 0 saturated heterocycles. The van der Waals surface area contributed by atoms with E-state index in [0.717, 1.165) is 26.1 Å². The summed E-state index contributed by atoms with van der Waals surface area (Å²) < 4.78 is 33.8. The molecule has 0 fully saturated rings. The van der Waals surface area contributed by atoms with Gasteiger partial charge in [0.2, 0.25) is 0 Å². The van der Waals surface area contributed by atoms with Gasteiger partial charge < -0.3 is 9.84 Å². The molecule has 9 heteroatoms. The maximum absolute atomic E-state index is 13.7. The van der Waals surface area contributed by atoms with Crippen molar-refractivity contribution in [3.8, 4) is 16.9 Å². The number of esters is 1. The van der Waals surface area contributed by atoms with Gasteiger partial charge in [0.05, 0.1) is 10.6 Å². The average molecular weight is 519 g/mol. The van der Waals surface area contributed by atoms with Gasteiger partial charge in [-0.25, -0.2) is 18.0 Å². The van der Waals surface area contributed by atoms with E-state index in [2.05, 4.69) is 23.1 Å². The van der Waals surface area contributed by atoms with Crippen LogP contribution in [-0.2, 0) is 19.6 Å². The van der Waals surface area contributed by atoms with Gasteiger partial charge in [0.1, 0.15) is 5.75 Å². The number of nitrogens with zero attached hydrogens (tertiary/aromatic N) is 2. The molecule has 3 aromatic carbocycles. The molecule has 1 N–H and O–H groups in total. The van der Waals surface area contributed by atoms with Gasteiger partial charge in [-0.05, 0) is 42.2 Å². The zero-order chi connectivity index (χ0) is 26.0. The molecular formula is C28H26N2O6S. The molecule has 0 radical (unpaired) electrons. The second-order valence-electron chi connectivity index (χ2n) is 8.92. The number of hydrogen-bond acceptors (Lipinski definition) is 6. The van der Waals surface area contributed by atoms with Crippen molar-refractivity contribution >= 4 is 33.2 Å². The third kappa shape index (κ3) is 4.87. The molecule has 2 aliphatic rings. The van der Waals surface area contributed by atoms with Crippen molar-refractivity contribution in [3.63, 3.8) is 0 Å². The number of fused-ring (bicyclic) bond motifs is 3. The van der Waals surface area contributed by atoms with E-state index in [1.807, 2.05) is 18.2 Å². The molecule has 0 saturated carbocycles. The van der Waals surface area contributed by atoms with Crippen molar-refractivity contribution in [1.29, 1.82) is 0 Å². The third-order valence-electron chi connectivity index (χ3n) is 6.65. The van der Waals surface area contributed by atoms with Crippen LogP contribution in [0.2, 0.25) is 0 Å². The molecule has 0 bridgehead atoms. The predicted octanol–water partition coefficient (Wildman–Crippen LogP) is 4.03. The van der Waals surface area contributed by atoms with E-state index >= 15 is 0 Å². The lowest BCUT2D eigenvalue weighted by Crippen LogP contribution is -2.37. The highest BCUT2D eigenvalue weighted by molar-refractivity contribution is 7.93. The van der Waals surface area contributed by atoms with Crippen LogP contribution in [0.3, 0.4) is 0 Å². The third-order valence-corrected chi connectivity index (χ3v) is 8.50. The summed E-state index contributed by atoms with van der Waals surface area (Å²) >= 11 is 0. The SMILES string of the molecule is O=C(O)C(=O)Oc1cccc2c1-c1ccccc1N(CCCN1CC=C(c3ccccc3)CC1)S2(=O)=O. The van der Waals surface area contributed by atoms with Gasteiger partial charge in [-0.3, -0.25) is 9.21 Å². The predicted molar refractivity (Wildman–Crippen MR) is 140 cm³/mol.